The van der Waals surface area contributed by atoms with Crippen molar-refractivity contribution in [1.29, 1.82) is 0 Å². The average Bonchev–Trinajstić information content (AvgIpc) is 3.53. The van der Waals surface area contributed by atoms with Crippen LogP contribution in [0.25, 0.3) is 0 Å². The third-order valence-corrected chi connectivity index (χ3v) is 14.0. The van der Waals surface area contributed by atoms with Crippen molar-refractivity contribution in [2.24, 2.45) is 16.5 Å². The Labute approximate surface area is 474 Å². The zero-order chi connectivity index (χ0) is 57.8. The second-order valence-electron chi connectivity index (χ2n) is 19.8. The van der Waals surface area contributed by atoms with Crippen molar-refractivity contribution in [2.45, 2.75) is 116 Å². The van der Waals surface area contributed by atoms with E-state index in [0.717, 1.165) is 84.0 Å². The molecular formula is C60H90FN11O8. The summed E-state index contributed by atoms with van der Waals surface area (Å²) in [6.45, 7) is 16.5. The number of benzene rings is 3. The lowest BCUT2D eigenvalue weighted by Crippen LogP contribution is -2.56. The molecule has 3 aromatic carbocycles. The smallest absolute Gasteiger partial charge is 0.222 e. The van der Waals surface area contributed by atoms with E-state index >= 15 is 4.48 Å². The number of aliphatic imine (C=N–C) groups is 1. The van der Waals surface area contributed by atoms with Gasteiger partial charge in [0.25, 0.3) is 0 Å². The van der Waals surface area contributed by atoms with Crippen LogP contribution in [-0.4, -0.2) is 144 Å². The monoisotopic (exact) mass is 1110 g/mol. The number of anilines is 3. The largest absolute Gasteiger partial charge is 0.494 e. The molecule has 2 saturated heterocycles. The molecule has 1 aromatic heterocycles. The van der Waals surface area contributed by atoms with E-state index in [2.05, 4.69) is 44.8 Å². The number of nitrogens with two attached hydrogens (primary N) is 2. The maximum Gasteiger partial charge on any atom is 0.222 e. The highest BCUT2D eigenvalue weighted by Gasteiger charge is 2.37. The standard InChI is InChI=1S/C54H76FN11O7.C5H12.CH2O/c1-42(66(55)49-10-7-9-47(38-49)62-54(20-24-59-25-21-54)53(57)61-52(56)44-18-22-58-23-19-44)43-13-16-50(17-14-43)73-32-6-4-3-5-30-70-33-35-72-36-34-71-31-8-11-51(69)65-28-26-64(27-29-65)48-15-12-45(40-67)46(37-48)39-63(2)60-41-68;1-3-5-4-2;1-2/h7,9-10,12-19,22-23,37-38,40-42,52,59,62H,3-6,8,11,20-21,24-36,39,56H2,1-2H3,(H2,57,61)(H,60,68);3-5H2,1-2H3;1H2/t42-,52?;;/m1../s1. The van der Waals surface area contributed by atoms with Gasteiger partial charge in [-0.1, -0.05) is 62.2 Å². The predicted molar refractivity (Wildman–Crippen MR) is 315 cm³/mol. The summed E-state index contributed by atoms with van der Waals surface area (Å²) < 4.78 is 39.1. The van der Waals surface area contributed by atoms with Crippen molar-refractivity contribution in [3.63, 3.8) is 0 Å². The van der Waals surface area contributed by atoms with Crippen LogP contribution in [0.4, 0.5) is 21.5 Å². The Kier molecular flexibility index (Phi) is 31.5. The Morgan fingerprint density at radius 3 is 2.09 bits per heavy atom. The van der Waals surface area contributed by atoms with Gasteiger partial charge in [0, 0.05) is 88.7 Å². The Bertz CT molecular complexity index is 2370. The van der Waals surface area contributed by atoms with Gasteiger partial charge in [-0.05, 0) is 136 Å². The number of rotatable bonds is 34. The summed E-state index contributed by atoms with van der Waals surface area (Å²) in [5, 5.41) is 9.38. The van der Waals surface area contributed by atoms with Crippen LogP contribution in [0.3, 0.4) is 0 Å². The summed E-state index contributed by atoms with van der Waals surface area (Å²) >= 11 is 0. The van der Waals surface area contributed by atoms with Crippen LogP contribution < -0.4 is 42.3 Å². The number of hydrogen-bond acceptors (Lipinski definition) is 16. The number of unbranched alkanes of at least 4 members (excludes halogenated alkanes) is 5. The zero-order valence-corrected chi connectivity index (χ0v) is 47.8. The number of amidine groups is 1. The van der Waals surface area contributed by atoms with E-state index in [0.29, 0.717) is 128 Å². The summed E-state index contributed by atoms with van der Waals surface area (Å²) in [4.78, 5) is 56.0. The van der Waals surface area contributed by atoms with E-state index in [-0.39, 0.29) is 5.91 Å². The van der Waals surface area contributed by atoms with Crippen molar-refractivity contribution in [3.05, 3.63) is 114 Å². The van der Waals surface area contributed by atoms with Crippen LogP contribution in [0.15, 0.2) is 96.2 Å². The number of nitrogens with one attached hydrogen (secondary N) is 3. The van der Waals surface area contributed by atoms with Crippen LogP contribution in [-0.2, 0) is 35.1 Å². The molecule has 0 aliphatic carbocycles. The number of aromatic nitrogens is 1. The van der Waals surface area contributed by atoms with Crippen LogP contribution >= 0.6 is 0 Å². The Hall–Kier alpha value is -6.55. The first-order chi connectivity index (χ1) is 39.0. The van der Waals surface area contributed by atoms with Crippen LogP contribution in [0, 0.1) is 0 Å². The fourth-order valence-corrected chi connectivity index (χ4v) is 9.27. The summed E-state index contributed by atoms with van der Waals surface area (Å²) in [5.41, 5.74) is 20.2. The lowest BCUT2D eigenvalue weighted by molar-refractivity contribution is -0.131. The number of nitrogens with zero attached hydrogens (tertiary/aromatic N) is 6. The molecule has 2 amide bonds. The van der Waals surface area contributed by atoms with Gasteiger partial charge in [0.2, 0.25) is 12.3 Å². The molecular weight excluding hydrogens is 1020 g/mol. The van der Waals surface area contributed by atoms with Crippen molar-refractivity contribution in [2.75, 3.05) is 108 Å². The molecule has 80 heavy (non-hydrogen) atoms. The fraction of sp³-hybridized carbons (Fsp3) is 0.533. The normalized spacial score (nSPS) is 14.9. The third kappa shape index (κ3) is 22.9. The van der Waals surface area contributed by atoms with E-state index in [1.165, 1.54) is 19.3 Å². The van der Waals surface area contributed by atoms with Crippen LogP contribution in [0.1, 0.15) is 131 Å². The maximum absolute atomic E-state index is 16.0. The number of ether oxygens (including phenoxy) is 4. The molecule has 2 aliphatic rings. The molecule has 19 nitrogen and oxygen atoms in total. The number of carbonyl (C=O) groups excluding carboxylic acids is 4. The molecule has 1 unspecified atom stereocenters. The number of amides is 2. The van der Waals surface area contributed by atoms with Gasteiger partial charge in [-0.3, -0.25) is 24.8 Å². The molecule has 20 heteroatoms. The molecule has 0 radical (unpaired) electrons. The van der Waals surface area contributed by atoms with Gasteiger partial charge in [-0.2, -0.15) is 0 Å². The number of aldehydes is 1. The van der Waals surface area contributed by atoms with Gasteiger partial charge in [0.05, 0.1) is 50.3 Å². The Morgan fingerprint density at radius 1 is 0.825 bits per heavy atom. The van der Waals surface area contributed by atoms with E-state index in [1.807, 2.05) is 79.3 Å². The van der Waals surface area contributed by atoms with Crippen molar-refractivity contribution in [1.82, 2.24) is 25.6 Å². The zero-order valence-electron chi connectivity index (χ0n) is 47.8. The molecule has 4 aromatic rings. The molecule has 0 spiro atoms. The predicted octanol–water partition coefficient (Wildman–Crippen LogP) is 8.12. The maximum atomic E-state index is 16.0. The molecule has 2 fully saturated rings. The van der Waals surface area contributed by atoms with E-state index in [1.54, 1.807) is 42.6 Å². The van der Waals surface area contributed by atoms with Crippen molar-refractivity contribution < 1.29 is 42.6 Å². The summed E-state index contributed by atoms with van der Waals surface area (Å²) in [5.74, 6) is 1.29. The van der Waals surface area contributed by atoms with E-state index in [9.17, 15) is 14.4 Å². The average molecular weight is 1110 g/mol. The van der Waals surface area contributed by atoms with E-state index in [4.69, 9.17) is 35.2 Å². The minimum absolute atomic E-state index is 0.124. The van der Waals surface area contributed by atoms with Gasteiger partial charge in [-0.15, -0.1) is 0 Å². The van der Waals surface area contributed by atoms with Gasteiger partial charge in [0.1, 0.15) is 30.8 Å². The molecule has 2 atom stereocenters. The van der Waals surface area contributed by atoms with Crippen LogP contribution in [0.5, 0.6) is 5.75 Å². The second kappa shape index (κ2) is 38.2. The van der Waals surface area contributed by atoms with Crippen molar-refractivity contribution in [3.8, 4) is 5.75 Å². The minimum atomic E-state index is -0.642. The quantitative estimate of drug-likeness (QED) is 0.00742. The Morgan fingerprint density at radius 2 is 1.46 bits per heavy atom. The highest BCUT2D eigenvalue weighted by molar-refractivity contribution is 5.93. The Balaban J connectivity index is 0.00000186. The first-order valence-corrected chi connectivity index (χ1v) is 28.3. The topological polar surface area (TPSA) is 232 Å². The lowest BCUT2D eigenvalue weighted by Gasteiger charge is -2.39. The number of halogens is 1. The summed E-state index contributed by atoms with van der Waals surface area (Å²) in [7, 11) is 1.74. The minimum Gasteiger partial charge on any atom is -0.494 e. The molecule has 0 saturated carbocycles. The molecule has 7 N–H and O–H groups in total. The van der Waals surface area contributed by atoms with E-state index < -0.39 is 17.7 Å². The molecule has 3 heterocycles. The number of piperidine rings is 1. The van der Waals surface area contributed by atoms with Gasteiger partial charge in [0.15, 0.2) is 0 Å². The fourth-order valence-electron chi connectivity index (χ4n) is 9.27. The molecule has 440 valence electrons. The van der Waals surface area contributed by atoms with Gasteiger partial charge >= 0.3 is 0 Å². The second-order valence-corrected chi connectivity index (χ2v) is 19.8. The van der Waals surface area contributed by atoms with Gasteiger partial charge < -0.3 is 55.6 Å². The highest BCUT2D eigenvalue weighted by atomic mass is 19.2. The number of hydrazine groups is 1. The lowest BCUT2D eigenvalue weighted by atomic mass is 9.86. The first-order valence-electron chi connectivity index (χ1n) is 28.3. The summed E-state index contributed by atoms with van der Waals surface area (Å²) in [6.07, 6.45) is 14.6. The highest BCUT2D eigenvalue weighted by Crippen LogP contribution is 2.33. The number of pyridine rings is 1. The number of piperazine rings is 1. The van der Waals surface area contributed by atoms with Gasteiger partial charge in [-0.25, -0.2) is 15.1 Å². The number of hydrogen-bond donors (Lipinski definition) is 5. The molecule has 0 bridgehead atoms. The first kappa shape index (κ1) is 66.0. The molecule has 6 rings (SSSR count). The number of carbonyl (C=O) groups is 4. The van der Waals surface area contributed by atoms with Crippen molar-refractivity contribution >= 4 is 48.3 Å². The summed E-state index contributed by atoms with van der Waals surface area (Å²) in [6, 6.07) is 23.7. The third-order valence-electron chi connectivity index (χ3n) is 14.0. The molecule has 2 aliphatic heterocycles. The SMILES string of the molecule is C=O.CCCCC.C[C@H](c1ccc(OCCCCCCOCCOCCOCCCC(=O)N2CCN(c3ccc(C=O)c(CN(C)NC=O)c3)CC2)cc1)N(F)c1cccc(NC2(/C(N)=N/C(N)c3ccncc3)CCNCC2)c1. The van der Waals surface area contributed by atoms with Crippen LogP contribution in [0.2, 0.25) is 0 Å².